The number of sulfonamides is 1. The molecule has 0 aliphatic carbocycles. The van der Waals surface area contributed by atoms with Gasteiger partial charge in [-0.2, -0.15) is 4.31 Å². The van der Waals surface area contributed by atoms with Crippen LogP contribution in [0.2, 0.25) is 0 Å². The van der Waals surface area contributed by atoms with Gasteiger partial charge in [-0.1, -0.05) is 0 Å². The average molecular weight is 339 g/mol. The second kappa shape index (κ2) is 5.38. The molecule has 0 saturated carbocycles. The predicted molar refractivity (Wildman–Crippen MR) is 84.1 cm³/mol. The Bertz CT molecular complexity index is 778. The summed E-state index contributed by atoms with van der Waals surface area (Å²) >= 11 is 1.56. The van der Waals surface area contributed by atoms with Crippen molar-refractivity contribution in [2.24, 2.45) is 7.05 Å². The summed E-state index contributed by atoms with van der Waals surface area (Å²) in [7, 11) is -1.80. The van der Waals surface area contributed by atoms with Crippen molar-refractivity contribution in [3.63, 3.8) is 0 Å². The molecule has 1 aliphatic heterocycles. The standard InChI is InChI=1S/C14H17N3O3S2/c1-16-8-7-15-13(16)14(18)9-17(10-14)22(19,20)12-5-3-11(21-2)4-6-12/h3-8,18H,9-10H2,1-2H3. The summed E-state index contributed by atoms with van der Waals surface area (Å²) in [6.07, 6.45) is 5.25. The predicted octanol–water partition coefficient (Wildman–Crippen LogP) is 1.03. The molecule has 22 heavy (non-hydrogen) atoms. The number of rotatable bonds is 4. The quantitative estimate of drug-likeness (QED) is 0.842. The summed E-state index contributed by atoms with van der Waals surface area (Å²) < 4.78 is 28.1. The van der Waals surface area contributed by atoms with E-state index in [1.165, 1.54) is 4.31 Å². The minimum atomic E-state index is -3.58. The van der Waals surface area contributed by atoms with E-state index in [2.05, 4.69) is 4.98 Å². The van der Waals surface area contributed by atoms with Crippen LogP contribution in [0.3, 0.4) is 0 Å². The SMILES string of the molecule is CSc1ccc(S(=O)(=O)N2CC(O)(c3nccn3C)C2)cc1. The van der Waals surface area contributed by atoms with Gasteiger partial charge in [-0.05, 0) is 30.5 Å². The molecule has 0 amide bonds. The van der Waals surface area contributed by atoms with Gasteiger partial charge in [0, 0.05) is 24.3 Å². The van der Waals surface area contributed by atoms with Crippen LogP contribution in [0.15, 0.2) is 46.5 Å². The third-order valence-corrected chi connectivity index (χ3v) is 6.36. The molecule has 0 spiro atoms. The summed E-state index contributed by atoms with van der Waals surface area (Å²) in [4.78, 5) is 5.36. The number of aryl methyl sites for hydroxylation is 1. The summed E-state index contributed by atoms with van der Waals surface area (Å²) in [5.74, 6) is 0.483. The van der Waals surface area contributed by atoms with Crippen LogP contribution >= 0.6 is 11.8 Å². The molecule has 1 aromatic carbocycles. The van der Waals surface area contributed by atoms with E-state index in [1.54, 1.807) is 60.0 Å². The van der Waals surface area contributed by atoms with Gasteiger partial charge in [-0.25, -0.2) is 13.4 Å². The lowest BCUT2D eigenvalue weighted by atomic mass is 9.96. The first kappa shape index (κ1) is 15.5. The Morgan fingerprint density at radius 3 is 2.41 bits per heavy atom. The fourth-order valence-electron chi connectivity index (χ4n) is 2.56. The van der Waals surface area contributed by atoms with Gasteiger partial charge in [0.25, 0.3) is 0 Å². The summed E-state index contributed by atoms with van der Waals surface area (Å²) in [5, 5.41) is 10.5. The second-order valence-corrected chi connectivity index (χ2v) is 8.16. The Morgan fingerprint density at radius 1 is 1.27 bits per heavy atom. The van der Waals surface area contributed by atoms with Crippen LogP contribution < -0.4 is 0 Å². The first-order chi connectivity index (χ1) is 10.4. The Kier molecular flexibility index (Phi) is 3.80. The number of aromatic nitrogens is 2. The minimum Gasteiger partial charge on any atom is -0.379 e. The smallest absolute Gasteiger partial charge is 0.243 e. The zero-order valence-electron chi connectivity index (χ0n) is 12.3. The van der Waals surface area contributed by atoms with Gasteiger partial charge in [0.05, 0.1) is 18.0 Å². The first-order valence-electron chi connectivity index (χ1n) is 6.71. The summed E-state index contributed by atoms with van der Waals surface area (Å²) in [6, 6.07) is 6.75. The number of thioether (sulfide) groups is 1. The molecule has 2 heterocycles. The first-order valence-corrected chi connectivity index (χ1v) is 9.38. The van der Waals surface area contributed by atoms with Crippen molar-refractivity contribution in [2.75, 3.05) is 19.3 Å². The Morgan fingerprint density at radius 2 is 1.91 bits per heavy atom. The number of hydrogen-bond donors (Lipinski definition) is 1. The van der Waals surface area contributed by atoms with Crippen LogP contribution in [-0.4, -0.2) is 46.7 Å². The molecule has 6 nitrogen and oxygen atoms in total. The van der Waals surface area contributed by atoms with E-state index in [1.807, 2.05) is 6.26 Å². The molecule has 1 saturated heterocycles. The van der Waals surface area contributed by atoms with Crippen molar-refractivity contribution in [3.8, 4) is 0 Å². The maximum atomic E-state index is 12.5. The lowest BCUT2D eigenvalue weighted by molar-refractivity contribution is -0.0735. The highest BCUT2D eigenvalue weighted by atomic mass is 32.2. The van der Waals surface area contributed by atoms with E-state index < -0.39 is 15.6 Å². The van der Waals surface area contributed by atoms with Gasteiger partial charge in [0.15, 0.2) is 0 Å². The number of imidazole rings is 1. The lowest BCUT2D eigenvalue weighted by Crippen LogP contribution is -2.61. The average Bonchev–Trinajstić information content (AvgIpc) is 2.90. The highest BCUT2D eigenvalue weighted by molar-refractivity contribution is 7.98. The van der Waals surface area contributed by atoms with Gasteiger partial charge in [-0.15, -0.1) is 11.8 Å². The monoisotopic (exact) mass is 339 g/mol. The minimum absolute atomic E-state index is 0.0183. The molecule has 118 valence electrons. The molecule has 3 rings (SSSR count). The molecular formula is C14H17N3O3S2. The Hall–Kier alpha value is -1.35. The van der Waals surface area contributed by atoms with E-state index in [4.69, 9.17) is 0 Å². The molecule has 8 heteroatoms. The lowest BCUT2D eigenvalue weighted by Gasteiger charge is -2.44. The van der Waals surface area contributed by atoms with Crippen molar-refractivity contribution in [2.45, 2.75) is 15.4 Å². The van der Waals surface area contributed by atoms with Gasteiger partial charge >= 0.3 is 0 Å². The van der Waals surface area contributed by atoms with Crippen LogP contribution in [0.25, 0.3) is 0 Å². The zero-order valence-corrected chi connectivity index (χ0v) is 13.9. The van der Waals surface area contributed by atoms with Gasteiger partial charge in [0.2, 0.25) is 10.0 Å². The number of nitrogens with zero attached hydrogens (tertiary/aromatic N) is 3. The number of aliphatic hydroxyl groups is 1. The van der Waals surface area contributed by atoms with E-state index >= 15 is 0 Å². The molecule has 1 N–H and O–H groups in total. The van der Waals surface area contributed by atoms with Crippen LogP contribution in [-0.2, 0) is 22.7 Å². The molecule has 1 fully saturated rings. The van der Waals surface area contributed by atoms with E-state index in [9.17, 15) is 13.5 Å². The van der Waals surface area contributed by atoms with Crippen molar-refractivity contribution in [3.05, 3.63) is 42.5 Å². The highest BCUT2D eigenvalue weighted by Crippen LogP contribution is 2.35. The van der Waals surface area contributed by atoms with Crippen LogP contribution in [0, 0.1) is 0 Å². The third kappa shape index (κ3) is 2.45. The number of β-amino-alcohol motifs (C(OH)–C–C–N with tert-alkyl or cyclic N) is 1. The number of benzene rings is 1. The summed E-state index contributed by atoms with van der Waals surface area (Å²) in [6.45, 7) is 0.0366. The molecule has 1 aromatic heterocycles. The second-order valence-electron chi connectivity index (χ2n) is 5.34. The van der Waals surface area contributed by atoms with Crippen molar-refractivity contribution >= 4 is 21.8 Å². The van der Waals surface area contributed by atoms with Gasteiger partial charge < -0.3 is 9.67 Å². The molecule has 2 aromatic rings. The molecular weight excluding hydrogens is 322 g/mol. The molecule has 0 unspecified atom stereocenters. The van der Waals surface area contributed by atoms with Crippen molar-refractivity contribution < 1.29 is 13.5 Å². The third-order valence-electron chi connectivity index (χ3n) is 3.81. The maximum Gasteiger partial charge on any atom is 0.243 e. The topological polar surface area (TPSA) is 75.4 Å². The van der Waals surface area contributed by atoms with Crippen LogP contribution in [0.1, 0.15) is 5.82 Å². The molecule has 0 atom stereocenters. The largest absolute Gasteiger partial charge is 0.379 e. The molecule has 0 bridgehead atoms. The zero-order chi connectivity index (χ0) is 16.0. The van der Waals surface area contributed by atoms with Crippen LogP contribution in [0.5, 0.6) is 0 Å². The van der Waals surface area contributed by atoms with Crippen molar-refractivity contribution in [1.82, 2.24) is 13.9 Å². The van der Waals surface area contributed by atoms with Crippen LogP contribution in [0.4, 0.5) is 0 Å². The van der Waals surface area contributed by atoms with E-state index in [0.29, 0.717) is 5.82 Å². The highest BCUT2D eigenvalue weighted by Gasteiger charge is 2.50. The molecule has 0 radical (unpaired) electrons. The van der Waals surface area contributed by atoms with Gasteiger partial charge in [-0.3, -0.25) is 0 Å². The Balaban J connectivity index is 1.80. The maximum absolute atomic E-state index is 12.5. The fourth-order valence-corrected chi connectivity index (χ4v) is 4.51. The number of hydrogen-bond acceptors (Lipinski definition) is 5. The summed E-state index contributed by atoms with van der Waals surface area (Å²) in [5.41, 5.74) is -1.22. The van der Waals surface area contributed by atoms with E-state index in [0.717, 1.165) is 4.90 Å². The van der Waals surface area contributed by atoms with E-state index in [-0.39, 0.29) is 18.0 Å². The van der Waals surface area contributed by atoms with Crippen molar-refractivity contribution in [1.29, 1.82) is 0 Å². The van der Waals surface area contributed by atoms with Gasteiger partial charge in [0.1, 0.15) is 11.4 Å². The Labute approximate surface area is 133 Å². The molecule has 1 aliphatic rings. The normalized spacial score (nSPS) is 18.1. The fraction of sp³-hybridized carbons (Fsp3) is 0.357.